The molecule has 0 atom stereocenters. The van der Waals surface area contributed by atoms with Crippen LogP contribution in [0.3, 0.4) is 0 Å². The van der Waals surface area contributed by atoms with Gasteiger partial charge in [-0.05, 0) is 42.0 Å². The van der Waals surface area contributed by atoms with Crippen molar-refractivity contribution in [2.75, 3.05) is 7.11 Å². The first-order valence-corrected chi connectivity index (χ1v) is 8.83. The molecule has 0 bridgehead atoms. The van der Waals surface area contributed by atoms with E-state index in [-0.39, 0.29) is 27.7 Å². The number of nitrogens with zero attached hydrogens (tertiary/aromatic N) is 1. The van der Waals surface area contributed by atoms with Crippen LogP contribution in [0.25, 0.3) is 6.08 Å². The zero-order valence-corrected chi connectivity index (χ0v) is 15.1. The first-order chi connectivity index (χ1) is 12.6. The molecule has 2 aromatic carbocycles. The number of carbonyl (C=O) groups is 1. The lowest BCUT2D eigenvalue weighted by Gasteiger charge is -2.11. The number of methoxy groups -OCH3 is 1. The highest BCUT2D eigenvalue weighted by molar-refractivity contribution is 7.87. The van der Waals surface area contributed by atoms with Crippen molar-refractivity contribution in [3.05, 3.63) is 69.4 Å². The first kappa shape index (κ1) is 19.9. The molecule has 0 saturated heterocycles. The summed E-state index contributed by atoms with van der Waals surface area (Å²) in [6.07, 6.45) is 1.30. The summed E-state index contributed by atoms with van der Waals surface area (Å²) in [6.45, 7) is 1.32. The maximum absolute atomic E-state index is 12.4. The quantitative estimate of drug-likeness (QED) is 0.431. The van der Waals surface area contributed by atoms with Crippen molar-refractivity contribution in [3.63, 3.8) is 0 Å². The van der Waals surface area contributed by atoms with Gasteiger partial charge in [-0.3, -0.25) is 10.1 Å². The smallest absolute Gasteiger partial charge is 0.339 e. The van der Waals surface area contributed by atoms with Crippen molar-refractivity contribution in [2.45, 2.75) is 11.8 Å². The Kier molecular flexibility index (Phi) is 5.81. The largest absolute Gasteiger partial charge is 0.493 e. The molecule has 0 saturated carbocycles. The average Bonchev–Trinajstić information content (AvgIpc) is 2.62. The number of hydrogen-bond acceptors (Lipinski definition) is 7. The van der Waals surface area contributed by atoms with E-state index < -0.39 is 21.0 Å². The predicted octanol–water partition coefficient (Wildman–Crippen LogP) is 2.80. The van der Waals surface area contributed by atoms with Crippen molar-refractivity contribution in [3.8, 4) is 11.5 Å². The molecule has 0 spiro atoms. The van der Waals surface area contributed by atoms with Crippen LogP contribution in [0, 0.1) is 10.1 Å². The van der Waals surface area contributed by atoms with Crippen LogP contribution in [0.2, 0.25) is 0 Å². The highest BCUT2D eigenvalue weighted by atomic mass is 32.2. The lowest BCUT2D eigenvalue weighted by molar-refractivity contribution is -0.422. The van der Waals surface area contributed by atoms with E-state index in [2.05, 4.69) is 0 Å². The van der Waals surface area contributed by atoms with Crippen molar-refractivity contribution in [1.29, 1.82) is 0 Å². The summed E-state index contributed by atoms with van der Waals surface area (Å²) in [4.78, 5) is 20.8. The Morgan fingerprint density at radius 3 is 2.30 bits per heavy atom. The summed E-state index contributed by atoms with van der Waals surface area (Å²) in [5.41, 5.74) is 0.261. The van der Waals surface area contributed by atoms with Crippen molar-refractivity contribution in [1.82, 2.24) is 0 Å². The van der Waals surface area contributed by atoms with Gasteiger partial charge in [-0.25, -0.2) is 4.79 Å². The number of carboxylic acid groups (broad SMARTS) is 1. The summed E-state index contributed by atoms with van der Waals surface area (Å²) >= 11 is 0. The van der Waals surface area contributed by atoms with Crippen LogP contribution in [0.5, 0.6) is 11.5 Å². The first-order valence-electron chi connectivity index (χ1n) is 7.42. The zero-order chi connectivity index (χ0) is 20.2. The molecule has 2 aromatic rings. The van der Waals surface area contributed by atoms with Crippen molar-refractivity contribution in [2.24, 2.45) is 0 Å². The molecule has 0 unspecified atom stereocenters. The Labute approximate surface area is 154 Å². The number of benzene rings is 2. The van der Waals surface area contributed by atoms with E-state index in [0.717, 1.165) is 24.3 Å². The lowest BCUT2D eigenvalue weighted by Crippen LogP contribution is -2.11. The number of rotatable bonds is 7. The van der Waals surface area contributed by atoms with Crippen molar-refractivity contribution < 1.29 is 32.2 Å². The minimum absolute atomic E-state index is 0.0608. The Balaban J connectivity index is 2.33. The van der Waals surface area contributed by atoms with E-state index in [1.807, 2.05) is 0 Å². The SMILES string of the molecule is COc1cc(/C=C(\C)[N+](=O)[O-])ccc1OS(=O)(=O)c1ccc(C(=O)O)cc1. The van der Waals surface area contributed by atoms with E-state index in [0.29, 0.717) is 5.56 Å². The van der Waals surface area contributed by atoms with Gasteiger partial charge in [-0.1, -0.05) is 6.07 Å². The van der Waals surface area contributed by atoms with Gasteiger partial charge in [0.1, 0.15) is 4.90 Å². The van der Waals surface area contributed by atoms with Gasteiger partial charge >= 0.3 is 16.1 Å². The molecule has 0 aromatic heterocycles. The normalized spacial score (nSPS) is 11.7. The molecule has 1 N–H and O–H groups in total. The number of carboxylic acids is 1. The number of aromatic carboxylic acids is 1. The monoisotopic (exact) mass is 393 g/mol. The highest BCUT2D eigenvalue weighted by Gasteiger charge is 2.20. The van der Waals surface area contributed by atoms with E-state index in [1.54, 1.807) is 0 Å². The fourth-order valence-electron chi connectivity index (χ4n) is 2.07. The molecule has 2 rings (SSSR count). The molecule has 27 heavy (non-hydrogen) atoms. The molecule has 0 fully saturated rings. The van der Waals surface area contributed by atoms with E-state index in [4.69, 9.17) is 14.0 Å². The van der Waals surface area contributed by atoms with Crippen molar-refractivity contribution >= 4 is 22.2 Å². The predicted molar refractivity (Wildman–Crippen MR) is 94.9 cm³/mol. The molecule has 0 aliphatic rings. The number of allylic oxidation sites excluding steroid dienone is 1. The zero-order valence-electron chi connectivity index (χ0n) is 14.3. The third-order valence-corrected chi connectivity index (χ3v) is 4.69. The van der Waals surface area contributed by atoms with E-state index >= 15 is 0 Å². The van der Waals surface area contributed by atoms with Gasteiger partial charge in [0, 0.05) is 13.0 Å². The molecule has 0 aliphatic heterocycles. The third kappa shape index (κ3) is 4.82. The maximum Gasteiger partial charge on any atom is 0.339 e. The summed E-state index contributed by atoms with van der Waals surface area (Å²) < 4.78 is 34.9. The summed E-state index contributed by atoms with van der Waals surface area (Å²) in [6, 6.07) is 8.65. The molecule has 0 radical (unpaired) electrons. The standard InChI is InChI=1S/C17H15NO8S/c1-11(18(21)22)9-12-3-8-15(16(10-12)25-2)26-27(23,24)14-6-4-13(5-7-14)17(19)20/h3-10H,1-2H3,(H,19,20)/b11-9+. The summed E-state index contributed by atoms with van der Waals surface area (Å²) in [5, 5.41) is 19.6. The third-order valence-electron chi connectivity index (χ3n) is 3.44. The molecule has 0 heterocycles. The topological polar surface area (TPSA) is 133 Å². The van der Waals surface area contributed by atoms with Gasteiger partial charge in [-0.2, -0.15) is 8.42 Å². The van der Waals surface area contributed by atoms with Crippen LogP contribution < -0.4 is 8.92 Å². The molecule has 142 valence electrons. The fraction of sp³-hybridized carbons (Fsp3) is 0.118. The van der Waals surface area contributed by atoms with Gasteiger partial charge in [0.15, 0.2) is 11.5 Å². The van der Waals surface area contributed by atoms with Gasteiger partial charge in [0.05, 0.1) is 17.6 Å². The molecule has 0 amide bonds. The Hall–Kier alpha value is -3.40. The average molecular weight is 393 g/mol. The molecular formula is C17H15NO8S. The summed E-state index contributed by atoms with van der Waals surface area (Å²) in [5.74, 6) is -1.24. The molecule has 9 nitrogen and oxygen atoms in total. The Morgan fingerprint density at radius 1 is 1.15 bits per heavy atom. The van der Waals surface area contributed by atoms with Gasteiger partial charge in [0.25, 0.3) is 0 Å². The van der Waals surface area contributed by atoms with E-state index in [1.165, 1.54) is 38.3 Å². The van der Waals surface area contributed by atoms with Gasteiger partial charge < -0.3 is 14.0 Å². The maximum atomic E-state index is 12.4. The van der Waals surface area contributed by atoms with Gasteiger partial charge in [-0.15, -0.1) is 0 Å². The molecular weight excluding hydrogens is 378 g/mol. The second-order valence-corrected chi connectivity index (χ2v) is 6.87. The number of ether oxygens (including phenoxy) is 1. The van der Waals surface area contributed by atoms with E-state index in [9.17, 15) is 23.3 Å². The van der Waals surface area contributed by atoms with Crippen LogP contribution in [0.1, 0.15) is 22.8 Å². The molecule has 0 aliphatic carbocycles. The van der Waals surface area contributed by atoms with Crippen LogP contribution in [0.4, 0.5) is 0 Å². The fourth-order valence-corrected chi connectivity index (χ4v) is 3.01. The van der Waals surface area contributed by atoms with Gasteiger partial charge in [0.2, 0.25) is 5.70 Å². The van der Waals surface area contributed by atoms with Crippen LogP contribution >= 0.6 is 0 Å². The Bertz CT molecular complexity index is 1010. The summed E-state index contributed by atoms with van der Waals surface area (Å²) in [7, 11) is -2.94. The second-order valence-electron chi connectivity index (χ2n) is 5.32. The minimum atomic E-state index is -4.23. The second kappa shape index (κ2) is 7.87. The van der Waals surface area contributed by atoms with Crippen LogP contribution in [-0.4, -0.2) is 31.5 Å². The Morgan fingerprint density at radius 2 is 1.78 bits per heavy atom. The lowest BCUT2D eigenvalue weighted by atomic mass is 10.2. The highest BCUT2D eigenvalue weighted by Crippen LogP contribution is 2.31. The molecule has 10 heteroatoms. The number of nitro groups is 1. The van der Waals surface area contributed by atoms with Crippen LogP contribution in [-0.2, 0) is 10.1 Å². The minimum Gasteiger partial charge on any atom is -0.493 e. The number of hydrogen-bond donors (Lipinski definition) is 1. The van der Waals surface area contributed by atoms with Crippen LogP contribution in [0.15, 0.2) is 53.1 Å².